The van der Waals surface area contributed by atoms with Crippen molar-refractivity contribution in [3.05, 3.63) is 53.6 Å². The predicted molar refractivity (Wildman–Crippen MR) is 57.6 cm³/mol. The molecule has 0 bridgehead atoms. The zero-order valence-electron chi connectivity index (χ0n) is 8.14. The molecule has 15 heavy (non-hydrogen) atoms. The van der Waals surface area contributed by atoms with Gasteiger partial charge < -0.3 is 10.5 Å². The first-order chi connectivity index (χ1) is 7.27. The second kappa shape index (κ2) is 4.00. The third-order valence-corrected chi connectivity index (χ3v) is 2.19. The smallest absolute Gasteiger partial charge is 0.248 e. The van der Waals surface area contributed by atoms with E-state index in [0.29, 0.717) is 5.57 Å². The molecule has 0 unspecified atom stereocenters. The van der Waals surface area contributed by atoms with Crippen LogP contribution in [0.25, 0.3) is 5.76 Å². The summed E-state index contributed by atoms with van der Waals surface area (Å²) >= 11 is 0. The molecule has 0 atom stereocenters. The number of rotatable bonds is 2. The van der Waals surface area contributed by atoms with Gasteiger partial charge in [0.1, 0.15) is 12.4 Å². The highest BCUT2D eigenvalue weighted by Crippen LogP contribution is 2.20. The number of benzene rings is 1. The highest BCUT2D eigenvalue weighted by Gasteiger charge is 2.11. The Balaban J connectivity index is 2.25. The zero-order valence-corrected chi connectivity index (χ0v) is 8.14. The average molecular weight is 201 g/mol. The third-order valence-electron chi connectivity index (χ3n) is 2.19. The van der Waals surface area contributed by atoms with Gasteiger partial charge in [0.05, 0.1) is 5.57 Å². The Morgan fingerprint density at radius 3 is 2.47 bits per heavy atom. The van der Waals surface area contributed by atoms with E-state index in [4.69, 9.17) is 10.5 Å². The SMILES string of the molecule is NC(=O)C1=CC=C(c2ccccc2)OC1. The Kier molecular flexibility index (Phi) is 2.54. The predicted octanol–water partition coefficient (Wildman–Crippen LogP) is 1.47. The van der Waals surface area contributed by atoms with Gasteiger partial charge in [-0.1, -0.05) is 30.3 Å². The summed E-state index contributed by atoms with van der Waals surface area (Å²) in [4.78, 5) is 10.8. The summed E-state index contributed by atoms with van der Waals surface area (Å²) in [5.41, 5.74) is 6.63. The Bertz CT molecular complexity index is 432. The maximum absolute atomic E-state index is 10.8. The van der Waals surface area contributed by atoms with Crippen molar-refractivity contribution >= 4 is 11.7 Å². The molecule has 0 saturated heterocycles. The molecule has 1 aromatic rings. The highest BCUT2D eigenvalue weighted by molar-refractivity contribution is 5.93. The first kappa shape index (κ1) is 9.52. The Morgan fingerprint density at radius 2 is 1.93 bits per heavy atom. The van der Waals surface area contributed by atoms with E-state index >= 15 is 0 Å². The molecule has 3 nitrogen and oxygen atoms in total. The number of hydrogen-bond acceptors (Lipinski definition) is 2. The second-order valence-corrected chi connectivity index (χ2v) is 3.24. The van der Waals surface area contributed by atoms with Crippen LogP contribution in [0.1, 0.15) is 5.56 Å². The molecule has 3 heteroatoms. The quantitative estimate of drug-likeness (QED) is 0.787. The lowest BCUT2D eigenvalue weighted by molar-refractivity contribution is -0.115. The van der Waals surface area contributed by atoms with Crippen molar-refractivity contribution in [2.24, 2.45) is 5.73 Å². The van der Waals surface area contributed by atoms with Crippen LogP contribution in [0.2, 0.25) is 0 Å². The van der Waals surface area contributed by atoms with Gasteiger partial charge in [-0.05, 0) is 12.2 Å². The van der Waals surface area contributed by atoms with Crippen molar-refractivity contribution in [2.45, 2.75) is 0 Å². The molecule has 0 aliphatic carbocycles. The molecule has 76 valence electrons. The van der Waals surface area contributed by atoms with Gasteiger partial charge in [0.15, 0.2) is 0 Å². The van der Waals surface area contributed by atoms with Crippen LogP contribution in [0.15, 0.2) is 48.1 Å². The van der Waals surface area contributed by atoms with Gasteiger partial charge in [-0.25, -0.2) is 0 Å². The van der Waals surface area contributed by atoms with E-state index in [1.165, 1.54) is 0 Å². The van der Waals surface area contributed by atoms with Crippen molar-refractivity contribution in [1.82, 2.24) is 0 Å². The molecule has 0 spiro atoms. The minimum atomic E-state index is -0.432. The lowest BCUT2D eigenvalue weighted by Gasteiger charge is -2.14. The fraction of sp³-hybridized carbons (Fsp3) is 0.0833. The molecule has 1 aromatic carbocycles. The first-order valence-corrected chi connectivity index (χ1v) is 4.66. The van der Waals surface area contributed by atoms with Crippen LogP contribution in [0.3, 0.4) is 0 Å². The van der Waals surface area contributed by atoms with Gasteiger partial charge >= 0.3 is 0 Å². The standard InChI is InChI=1S/C12H11NO2/c13-12(14)10-6-7-11(15-8-10)9-4-2-1-3-5-9/h1-7H,8H2,(H2,13,14). The van der Waals surface area contributed by atoms with Crippen LogP contribution in [0.4, 0.5) is 0 Å². The molecular weight excluding hydrogens is 190 g/mol. The van der Waals surface area contributed by atoms with E-state index in [9.17, 15) is 4.79 Å². The molecule has 0 saturated carbocycles. The van der Waals surface area contributed by atoms with Crippen LogP contribution in [0, 0.1) is 0 Å². The summed E-state index contributed by atoms with van der Waals surface area (Å²) in [5.74, 6) is 0.332. The second-order valence-electron chi connectivity index (χ2n) is 3.24. The summed E-state index contributed by atoms with van der Waals surface area (Å²) in [6.45, 7) is 0.246. The van der Waals surface area contributed by atoms with Crippen LogP contribution in [0.5, 0.6) is 0 Å². The van der Waals surface area contributed by atoms with Crippen LogP contribution < -0.4 is 5.73 Å². The average Bonchev–Trinajstić information content (AvgIpc) is 2.30. The molecule has 0 radical (unpaired) electrons. The number of primary amides is 1. The summed E-state index contributed by atoms with van der Waals surface area (Å²) in [6.07, 6.45) is 3.47. The normalized spacial score (nSPS) is 14.9. The molecule has 1 aliphatic heterocycles. The molecular formula is C12H11NO2. The van der Waals surface area contributed by atoms with Crippen molar-refractivity contribution in [2.75, 3.05) is 6.61 Å². The topological polar surface area (TPSA) is 52.3 Å². The van der Waals surface area contributed by atoms with E-state index in [0.717, 1.165) is 11.3 Å². The molecule has 2 rings (SSSR count). The Morgan fingerprint density at radius 1 is 1.20 bits per heavy atom. The van der Waals surface area contributed by atoms with Crippen LogP contribution >= 0.6 is 0 Å². The molecule has 1 heterocycles. The largest absolute Gasteiger partial charge is 0.488 e. The summed E-state index contributed by atoms with van der Waals surface area (Å²) in [6, 6.07) is 9.72. The van der Waals surface area contributed by atoms with Gasteiger partial charge in [0, 0.05) is 5.56 Å². The fourth-order valence-electron chi connectivity index (χ4n) is 1.36. The van der Waals surface area contributed by atoms with Crippen molar-refractivity contribution in [3.8, 4) is 0 Å². The summed E-state index contributed by atoms with van der Waals surface area (Å²) in [7, 11) is 0. The monoisotopic (exact) mass is 201 g/mol. The zero-order chi connectivity index (χ0) is 10.7. The van der Waals surface area contributed by atoms with Gasteiger partial charge in [-0.15, -0.1) is 0 Å². The summed E-state index contributed by atoms with van der Waals surface area (Å²) < 4.78 is 5.43. The number of carbonyl (C=O) groups is 1. The number of carbonyl (C=O) groups excluding carboxylic acids is 1. The van der Waals surface area contributed by atoms with Gasteiger partial charge in [0.25, 0.3) is 0 Å². The van der Waals surface area contributed by atoms with Crippen LogP contribution in [-0.4, -0.2) is 12.5 Å². The van der Waals surface area contributed by atoms with Crippen LogP contribution in [-0.2, 0) is 9.53 Å². The summed E-state index contributed by atoms with van der Waals surface area (Å²) in [5, 5.41) is 0. The van der Waals surface area contributed by atoms with Gasteiger partial charge in [0.2, 0.25) is 5.91 Å². The lowest BCUT2D eigenvalue weighted by Crippen LogP contribution is -2.19. The highest BCUT2D eigenvalue weighted by atomic mass is 16.5. The van der Waals surface area contributed by atoms with E-state index in [2.05, 4.69) is 0 Å². The maximum Gasteiger partial charge on any atom is 0.248 e. The molecule has 1 aliphatic rings. The Hall–Kier alpha value is -2.03. The van der Waals surface area contributed by atoms with Gasteiger partial charge in [-0.3, -0.25) is 4.79 Å². The Labute approximate surface area is 87.9 Å². The maximum atomic E-state index is 10.8. The molecule has 0 aromatic heterocycles. The lowest BCUT2D eigenvalue weighted by atomic mass is 10.1. The molecule has 1 amide bonds. The van der Waals surface area contributed by atoms with Crippen molar-refractivity contribution in [1.29, 1.82) is 0 Å². The number of nitrogens with two attached hydrogens (primary N) is 1. The first-order valence-electron chi connectivity index (χ1n) is 4.66. The minimum Gasteiger partial charge on any atom is -0.488 e. The van der Waals surface area contributed by atoms with Crippen molar-refractivity contribution < 1.29 is 9.53 Å². The van der Waals surface area contributed by atoms with E-state index in [-0.39, 0.29) is 6.61 Å². The van der Waals surface area contributed by atoms with E-state index in [1.807, 2.05) is 30.3 Å². The number of amides is 1. The molecule has 2 N–H and O–H groups in total. The van der Waals surface area contributed by atoms with E-state index in [1.54, 1.807) is 12.2 Å². The fourth-order valence-corrected chi connectivity index (χ4v) is 1.36. The number of allylic oxidation sites excluding steroid dienone is 2. The van der Waals surface area contributed by atoms with E-state index < -0.39 is 5.91 Å². The number of ether oxygens (including phenoxy) is 1. The minimum absolute atomic E-state index is 0.246. The number of hydrogen-bond donors (Lipinski definition) is 1. The van der Waals surface area contributed by atoms with Crippen molar-refractivity contribution in [3.63, 3.8) is 0 Å². The van der Waals surface area contributed by atoms with Gasteiger partial charge in [-0.2, -0.15) is 0 Å². The third kappa shape index (κ3) is 2.07. The molecule has 0 fully saturated rings.